The van der Waals surface area contributed by atoms with Crippen LogP contribution in [-0.2, 0) is 4.79 Å². The maximum absolute atomic E-state index is 14.4. The number of aromatic nitrogens is 1. The van der Waals surface area contributed by atoms with Gasteiger partial charge in [-0.1, -0.05) is 61.8 Å². The van der Waals surface area contributed by atoms with E-state index in [1.165, 1.54) is 6.08 Å². The number of anilines is 2. The van der Waals surface area contributed by atoms with Gasteiger partial charge in [0, 0.05) is 57.9 Å². The number of nitrogen functional groups attached to an aromatic ring is 1. The van der Waals surface area contributed by atoms with Crippen LogP contribution in [0.3, 0.4) is 0 Å². The molecule has 3 aromatic carbocycles. The van der Waals surface area contributed by atoms with Gasteiger partial charge in [0.25, 0.3) is 11.2 Å². The molecule has 2 N–H and O–H groups in total. The standard InChI is InChI=1S/C33H31Cl2N5O2/c1-6-30(41)38-13-14-39(20(4)18-38)32-25-16-26(35)23(24-15-21(34)11-12-27(24)36)17-29(25)40(33(42)31(32)37-5)28-10-8-7-9-22(28)19(2)3/h6-12,15-17,19-20H,1,13-14,18,36H2,2-4H3/t20-/m0/s1. The first kappa shape index (κ1) is 29.2. The molecule has 1 aliphatic rings. The number of pyridine rings is 1. The van der Waals surface area contributed by atoms with Crippen molar-refractivity contribution in [3.05, 3.63) is 105 Å². The van der Waals surface area contributed by atoms with E-state index in [0.29, 0.717) is 68.8 Å². The van der Waals surface area contributed by atoms with Gasteiger partial charge in [0.1, 0.15) is 0 Å². The average Bonchev–Trinajstić information content (AvgIpc) is 2.97. The monoisotopic (exact) mass is 599 g/mol. The number of hydrogen-bond acceptors (Lipinski definition) is 4. The predicted molar refractivity (Wildman–Crippen MR) is 173 cm³/mol. The van der Waals surface area contributed by atoms with Crippen molar-refractivity contribution in [2.45, 2.75) is 32.7 Å². The molecule has 1 aromatic heterocycles. The van der Waals surface area contributed by atoms with Gasteiger partial charge in [-0.25, -0.2) is 4.85 Å². The van der Waals surface area contributed by atoms with Crippen LogP contribution in [0.4, 0.5) is 17.1 Å². The molecular weight excluding hydrogens is 569 g/mol. The third-order valence-corrected chi connectivity index (χ3v) is 8.38. The van der Waals surface area contributed by atoms with Crippen molar-refractivity contribution in [3.8, 4) is 16.8 Å². The van der Waals surface area contributed by atoms with Gasteiger partial charge < -0.3 is 15.5 Å². The lowest BCUT2D eigenvalue weighted by molar-refractivity contribution is -0.126. The minimum Gasteiger partial charge on any atom is -0.398 e. The largest absolute Gasteiger partial charge is 0.398 e. The summed E-state index contributed by atoms with van der Waals surface area (Å²) in [6.45, 7) is 19.2. The molecule has 1 amide bonds. The zero-order chi connectivity index (χ0) is 30.3. The second-order valence-electron chi connectivity index (χ2n) is 10.8. The fourth-order valence-electron chi connectivity index (χ4n) is 5.78. The molecule has 1 saturated heterocycles. The number of hydrogen-bond donors (Lipinski definition) is 1. The molecule has 0 saturated carbocycles. The molecule has 1 atom stereocenters. The summed E-state index contributed by atoms with van der Waals surface area (Å²) in [7, 11) is 0. The summed E-state index contributed by atoms with van der Waals surface area (Å²) in [5.74, 6) is -0.0330. The Morgan fingerprint density at radius 1 is 1.12 bits per heavy atom. The molecule has 7 nitrogen and oxygen atoms in total. The molecule has 5 rings (SSSR count). The maximum atomic E-state index is 14.4. The third-order valence-electron chi connectivity index (χ3n) is 7.83. The van der Waals surface area contributed by atoms with Crippen molar-refractivity contribution in [1.29, 1.82) is 0 Å². The van der Waals surface area contributed by atoms with Crippen LogP contribution in [0.1, 0.15) is 32.3 Å². The second-order valence-corrected chi connectivity index (χ2v) is 11.6. The maximum Gasteiger partial charge on any atom is 0.274 e. The Bertz CT molecular complexity index is 1840. The van der Waals surface area contributed by atoms with Gasteiger partial charge in [-0.15, -0.1) is 0 Å². The lowest BCUT2D eigenvalue weighted by atomic mass is 9.98. The number of rotatable bonds is 5. The molecule has 4 aromatic rings. The number of para-hydroxylation sites is 1. The minimum absolute atomic E-state index is 0.00231. The lowest BCUT2D eigenvalue weighted by Gasteiger charge is -2.42. The molecule has 1 fully saturated rings. The Hall–Kier alpha value is -4.25. The molecule has 0 unspecified atom stereocenters. The number of carbonyl (C=O) groups is 1. The van der Waals surface area contributed by atoms with E-state index in [2.05, 4.69) is 25.3 Å². The highest BCUT2D eigenvalue weighted by Crippen LogP contribution is 2.43. The van der Waals surface area contributed by atoms with Crippen molar-refractivity contribution in [1.82, 2.24) is 9.47 Å². The van der Waals surface area contributed by atoms with Crippen LogP contribution < -0.4 is 16.2 Å². The highest BCUT2D eigenvalue weighted by atomic mass is 35.5. The van der Waals surface area contributed by atoms with Crippen LogP contribution in [0.15, 0.2) is 72.0 Å². The van der Waals surface area contributed by atoms with Crippen LogP contribution in [0.5, 0.6) is 0 Å². The molecule has 42 heavy (non-hydrogen) atoms. The molecule has 0 radical (unpaired) electrons. The summed E-state index contributed by atoms with van der Waals surface area (Å²) in [6.07, 6.45) is 1.30. The van der Waals surface area contributed by atoms with E-state index in [4.69, 9.17) is 35.5 Å². The Morgan fingerprint density at radius 2 is 1.86 bits per heavy atom. The minimum atomic E-state index is -0.426. The van der Waals surface area contributed by atoms with Crippen molar-refractivity contribution in [2.75, 3.05) is 30.3 Å². The Labute approximate surface area is 255 Å². The highest BCUT2D eigenvalue weighted by molar-refractivity contribution is 6.35. The number of benzene rings is 3. The second kappa shape index (κ2) is 11.6. The molecule has 1 aliphatic heterocycles. The number of nitrogens with two attached hydrogens (primary N) is 1. The Kier molecular flexibility index (Phi) is 8.05. The fourth-order valence-corrected chi connectivity index (χ4v) is 6.22. The number of halogens is 2. The molecule has 2 heterocycles. The van der Waals surface area contributed by atoms with Crippen LogP contribution >= 0.6 is 23.2 Å². The smallest absolute Gasteiger partial charge is 0.274 e. The van der Waals surface area contributed by atoms with Gasteiger partial charge in [0.15, 0.2) is 0 Å². The first-order valence-corrected chi connectivity index (χ1v) is 14.4. The highest BCUT2D eigenvalue weighted by Gasteiger charge is 2.31. The number of carbonyl (C=O) groups excluding carboxylic acids is 1. The number of nitrogens with zero attached hydrogens (tertiary/aromatic N) is 4. The van der Waals surface area contributed by atoms with Gasteiger partial charge in [0.2, 0.25) is 5.91 Å². The summed E-state index contributed by atoms with van der Waals surface area (Å²) in [5.41, 5.74) is 10.5. The first-order valence-electron chi connectivity index (χ1n) is 13.7. The summed E-state index contributed by atoms with van der Waals surface area (Å²) < 4.78 is 1.62. The van der Waals surface area contributed by atoms with Crippen molar-refractivity contribution >= 4 is 57.1 Å². The number of amides is 1. The first-order chi connectivity index (χ1) is 20.1. The molecule has 0 spiro atoms. The van der Waals surface area contributed by atoms with E-state index in [1.54, 1.807) is 33.7 Å². The SMILES string of the molecule is [C-]#[N+]c1c(N2CCN(C(=O)C=C)C[C@@H]2C)c2cc(Cl)c(-c3cc(Cl)ccc3N)cc2n(-c2ccccc2C(C)C)c1=O. The van der Waals surface area contributed by atoms with E-state index < -0.39 is 5.56 Å². The van der Waals surface area contributed by atoms with E-state index in [-0.39, 0.29) is 23.6 Å². The van der Waals surface area contributed by atoms with Gasteiger partial charge in [0.05, 0.1) is 23.5 Å². The molecule has 214 valence electrons. The Morgan fingerprint density at radius 3 is 2.52 bits per heavy atom. The average molecular weight is 601 g/mol. The molecular formula is C33H31Cl2N5O2. The molecule has 0 aliphatic carbocycles. The normalized spacial score (nSPS) is 15.2. The van der Waals surface area contributed by atoms with Crippen LogP contribution in [-0.4, -0.2) is 41.1 Å². The van der Waals surface area contributed by atoms with E-state index in [1.807, 2.05) is 42.2 Å². The van der Waals surface area contributed by atoms with Crippen LogP contribution in [0.25, 0.3) is 32.6 Å². The lowest BCUT2D eigenvalue weighted by Crippen LogP contribution is -2.53. The quantitative estimate of drug-likeness (QED) is 0.147. The van der Waals surface area contributed by atoms with Gasteiger partial charge in [-0.05, 0) is 60.9 Å². The van der Waals surface area contributed by atoms with Crippen molar-refractivity contribution in [3.63, 3.8) is 0 Å². The zero-order valence-corrected chi connectivity index (χ0v) is 25.2. The summed E-state index contributed by atoms with van der Waals surface area (Å²) >= 11 is 13.3. The molecule has 9 heteroatoms. The van der Waals surface area contributed by atoms with E-state index >= 15 is 0 Å². The topological polar surface area (TPSA) is 75.9 Å². The van der Waals surface area contributed by atoms with E-state index in [0.717, 1.165) is 5.56 Å². The fraction of sp³-hybridized carbons (Fsp3) is 0.242. The molecule has 0 bridgehead atoms. The van der Waals surface area contributed by atoms with Gasteiger partial charge >= 0.3 is 0 Å². The number of fused-ring (bicyclic) bond motifs is 1. The zero-order valence-electron chi connectivity index (χ0n) is 23.7. The van der Waals surface area contributed by atoms with Gasteiger partial charge in [-0.2, -0.15) is 0 Å². The van der Waals surface area contributed by atoms with E-state index in [9.17, 15) is 9.59 Å². The van der Waals surface area contributed by atoms with Gasteiger partial charge in [-0.3, -0.25) is 14.2 Å². The summed E-state index contributed by atoms with van der Waals surface area (Å²) in [4.78, 5) is 34.3. The van der Waals surface area contributed by atoms with Crippen LogP contribution in [0.2, 0.25) is 10.0 Å². The van der Waals surface area contributed by atoms with Crippen LogP contribution in [0, 0.1) is 6.57 Å². The number of piperazine rings is 1. The summed E-state index contributed by atoms with van der Waals surface area (Å²) in [5, 5.41) is 1.57. The van der Waals surface area contributed by atoms with Crippen molar-refractivity contribution in [2.24, 2.45) is 0 Å². The summed E-state index contributed by atoms with van der Waals surface area (Å²) in [6, 6.07) is 16.4. The Balaban J connectivity index is 1.88. The third kappa shape index (κ3) is 5.02. The van der Waals surface area contributed by atoms with Crippen molar-refractivity contribution < 1.29 is 4.79 Å². The predicted octanol–water partition coefficient (Wildman–Crippen LogP) is 7.44.